The predicted octanol–water partition coefficient (Wildman–Crippen LogP) is 3.26. The van der Waals surface area contributed by atoms with Crippen molar-refractivity contribution in [2.45, 2.75) is 70.4 Å². The normalized spacial score (nSPS) is 26.1. The van der Waals surface area contributed by atoms with Crippen molar-refractivity contribution < 1.29 is 4.74 Å². The first-order chi connectivity index (χ1) is 10.2. The van der Waals surface area contributed by atoms with E-state index in [1.165, 1.54) is 30.6 Å². The second-order valence-electron chi connectivity index (χ2n) is 6.76. The van der Waals surface area contributed by atoms with E-state index in [1.807, 2.05) is 11.3 Å². The number of thiophene rings is 1. The molecule has 2 aliphatic rings. The smallest absolute Gasteiger partial charge is 0.0707 e. The maximum Gasteiger partial charge on any atom is 0.0707 e. The van der Waals surface area contributed by atoms with Gasteiger partial charge in [0.25, 0.3) is 0 Å². The van der Waals surface area contributed by atoms with Crippen LogP contribution in [0.2, 0.25) is 0 Å². The van der Waals surface area contributed by atoms with E-state index in [1.54, 1.807) is 0 Å². The van der Waals surface area contributed by atoms with Crippen molar-refractivity contribution in [2.75, 3.05) is 13.1 Å². The van der Waals surface area contributed by atoms with Crippen LogP contribution in [0.1, 0.15) is 44.4 Å². The molecule has 1 saturated heterocycles. The van der Waals surface area contributed by atoms with E-state index in [-0.39, 0.29) is 0 Å². The van der Waals surface area contributed by atoms with E-state index in [0.717, 1.165) is 25.7 Å². The molecule has 21 heavy (non-hydrogen) atoms. The predicted molar refractivity (Wildman–Crippen MR) is 88.8 cm³/mol. The van der Waals surface area contributed by atoms with Gasteiger partial charge in [0.2, 0.25) is 0 Å². The number of hydrogen-bond acceptors (Lipinski definition) is 4. The minimum atomic E-state index is 0.417. The van der Waals surface area contributed by atoms with E-state index < -0.39 is 0 Å². The molecule has 3 nitrogen and oxygen atoms in total. The lowest BCUT2D eigenvalue weighted by molar-refractivity contribution is 0.0195. The highest BCUT2D eigenvalue weighted by molar-refractivity contribution is 7.09. The molecule has 0 spiro atoms. The van der Waals surface area contributed by atoms with Gasteiger partial charge in [0.05, 0.1) is 12.2 Å². The molecular formula is C17H28N2OS. The lowest BCUT2D eigenvalue weighted by Crippen LogP contribution is -2.36. The molecule has 1 aliphatic heterocycles. The molecule has 118 valence electrons. The molecule has 1 saturated carbocycles. The molecule has 2 fully saturated rings. The Morgan fingerprint density at radius 3 is 2.76 bits per heavy atom. The van der Waals surface area contributed by atoms with Gasteiger partial charge >= 0.3 is 0 Å². The molecule has 1 aromatic heterocycles. The van der Waals surface area contributed by atoms with E-state index in [9.17, 15) is 0 Å². The molecule has 0 aromatic carbocycles. The molecular weight excluding hydrogens is 280 g/mol. The van der Waals surface area contributed by atoms with Crippen molar-refractivity contribution in [3.63, 3.8) is 0 Å². The van der Waals surface area contributed by atoms with Gasteiger partial charge in [0, 0.05) is 36.6 Å². The summed E-state index contributed by atoms with van der Waals surface area (Å²) in [5.41, 5.74) is 0. The molecule has 1 N–H and O–H groups in total. The lowest BCUT2D eigenvalue weighted by atomic mass is 10.2. The van der Waals surface area contributed by atoms with E-state index in [4.69, 9.17) is 4.74 Å². The fourth-order valence-electron chi connectivity index (χ4n) is 3.08. The van der Waals surface area contributed by atoms with Gasteiger partial charge in [-0.2, -0.15) is 0 Å². The van der Waals surface area contributed by atoms with E-state index in [2.05, 4.69) is 41.6 Å². The Kier molecular flexibility index (Phi) is 5.33. The maximum atomic E-state index is 6.24. The number of hydrogen-bond donors (Lipinski definition) is 1. The third-order valence-corrected chi connectivity index (χ3v) is 5.25. The fourth-order valence-corrected chi connectivity index (χ4v) is 3.81. The summed E-state index contributed by atoms with van der Waals surface area (Å²) in [5.74, 6) is 0. The third-order valence-electron chi connectivity index (χ3n) is 4.39. The number of nitrogens with one attached hydrogen (secondary N) is 1. The van der Waals surface area contributed by atoms with Gasteiger partial charge in [-0.05, 0) is 37.1 Å². The highest BCUT2D eigenvalue weighted by atomic mass is 32.1. The Bertz CT molecular complexity index is 416. The molecule has 0 amide bonds. The minimum Gasteiger partial charge on any atom is -0.372 e. The van der Waals surface area contributed by atoms with Gasteiger partial charge in [-0.3, -0.25) is 4.90 Å². The van der Waals surface area contributed by atoms with Crippen LogP contribution in [0.25, 0.3) is 0 Å². The molecule has 0 bridgehead atoms. The van der Waals surface area contributed by atoms with E-state index in [0.29, 0.717) is 18.2 Å². The number of nitrogens with zero attached hydrogens (tertiary/aromatic N) is 1. The molecule has 4 heteroatoms. The van der Waals surface area contributed by atoms with Crippen molar-refractivity contribution in [3.05, 3.63) is 22.4 Å². The summed E-state index contributed by atoms with van der Waals surface area (Å²) in [5, 5.41) is 5.68. The largest absolute Gasteiger partial charge is 0.372 e. The Hall–Kier alpha value is -0.420. The summed E-state index contributed by atoms with van der Waals surface area (Å²) in [4.78, 5) is 4.13. The summed E-state index contributed by atoms with van der Waals surface area (Å²) in [7, 11) is 0. The summed E-state index contributed by atoms with van der Waals surface area (Å²) in [6, 6.07) is 5.77. The van der Waals surface area contributed by atoms with E-state index >= 15 is 0 Å². The monoisotopic (exact) mass is 308 g/mol. The van der Waals surface area contributed by atoms with Crippen molar-refractivity contribution in [3.8, 4) is 0 Å². The first-order valence-corrected chi connectivity index (χ1v) is 9.24. The van der Waals surface area contributed by atoms with Crippen LogP contribution in [0.15, 0.2) is 17.5 Å². The molecule has 1 aliphatic carbocycles. The van der Waals surface area contributed by atoms with Crippen molar-refractivity contribution in [1.29, 1.82) is 0 Å². The van der Waals surface area contributed by atoms with Crippen LogP contribution < -0.4 is 5.32 Å². The van der Waals surface area contributed by atoms with Crippen LogP contribution in [-0.2, 0) is 11.3 Å². The molecule has 2 unspecified atom stereocenters. The second kappa shape index (κ2) is 7.23. The number of rotatable bonds is 8. The summed E-state index contributed by atoms with van der Waals surface area (Å²) >= 11 is 1.87. The first kappa shape index (κ1) is 15.5. The standard InChI is InChI=1S/C17H28N2OS/c1-13(2)18-10-15-7-8-16(20-15)11-19(14-5-6-14)12-17-4-3-9-21-17/h3-4,9,13-16,18H,5-8,10-12H2,1-2H3. The molecule has 0 radical (unpaired) electrons. The quantitative estimate of drug-likeness (QED) is 0.798. The molecule has 2 atom stereocenters. The second-order valence-corrected chi connectivity index (χ2v) is 7.79. The number of ether oxygens (including phenoxy) is 1. The van der Waals surface area contributed by atoms with Crippen LogP contribution in [0.4, 0.5) is 0 Å². The Morgan fingerprint density at radius 2 is 2.10 bits per heavy atom. The van der Waals surface area contributed by atoms with Gasteiger partial charge in [0.15, 0.2) is 0 Å². The zero-order valence-corrected chi connectivity index (χ0v) is 14.1. The van der Waals surface area contributed by atoms with Crippen LogP contribution in [0.3, 0.4) is 0 Å². The van der Waals surface area contributed by atoms with Crippen LogP contribution in [-0.4, -0.2) is 42.3 Å². The zero-order valence-electron chi connectivity index (χ0n) is 13.3. The average Bonchev–Trinajstić information content (AvgIpc) is 2.99. The van der Waals surface area contributed by atoms with Crippen LogP contribution in [0, 0.1) is 0 Å². The van der Waals surface area contributed by atoms with Crippen molar-refractivity contribution >= 4 is 11.3 Å². The minimum absolute atomic E-state index is 0.417. The van der Waals surface area contributed by atoms with Gasteiger partial charge in [-0.15, -0.1) is 11.3 Å². The highest BCUT2D eigenvalue weighted by Gasteiger charge is 2.33. The summed E-state index contributed by atoms with van der Waals surface area (Å²) in [6.45, 7) is 7.62. The maximum absolute atomic E-state index is 6.24. The average molecular weight is 308 g/mol. The van der Waals surface area contributed by atoms with Crippen LogP contribution in [0.5, 0.6) is 0 Å². The molecule has 1 aromatic rings. The highest BCUT2D eigenvalue weighted by Crippen LogP contribution is 2.31. The third kappa shape index (κ3) is 4.78. The van der Waals surface area contributed by atoms with Gasteiger partial charge in [-0.1, -0.05) is 19.9 Å². The van der Waals surface area contributed by atoms with Crippen molar-refractivity contribution in [1.82, 2.24) is 10.2 Å². The molecule has 2 heterocycles. The van der Waals surface area contributed by atoms with Gasteiger partial charge < -0.3 is 10.1 Å². The Morgan fingerprint density at radius 1 is 1.29 bits per heavy atom. The van der Waals surface area contributed by atoms with Gasteiger partial charge in [-0.25, -0.2) is 0 Å². The topological polar surface area (TPSA) is 24.5 Å². The Labute approximate surface area is 132 Å². The summed E-state index contributed by atoms with van der Waals surface area (Å²) in [6.07, 6.45) is 6.03. The lowest BCUT2D eigenvalue weighted by Gasteiger charge is -2.25. The SMILES string of the molecule is CC(C)NCC1CCC(CN(Cc2cccs2)C2CC2)O1. The zero-order chi connectivity index (χ0) is 14.7. The Balaban J connectivity index is 1.46. The van der Waals surface area contributed by atoms with Crippen LogP contribution >= 0.6 is 11.3 Å². The first-order valence-electron chi connectivity index (χ1n) is 8.36. The van der Waals surface area contributed by atoms with Crippen molar-refractivity contribution in [2.24, 2.45) is 0 Å². The molecule has 3 rings (SSSR count). The fraction of sp³-hybridized carbons (Fsp3) is 0.765. The van der Waals surface area contributed by atoms with Gasteiger partial charge in [0.1, 0.15) is 0 Å². The summed E-state index contributed by atoms with van der Waals surface area (Å²) < 4.78 is 6.24.